The maximum atomic E-state index is 11.5. The standard InChI is InChI=1S/C12H12N2O2S/c15-12(8-3-4-8)16-10-7-17-11(14-10)9-2-1-5-13-6-9/h2,6-8H,1,3-5H2. The Hall–Kier alpha value is -1.49. The topological polar surface area (TPSA) is 51.5 Å². The van der Waals surface area contributed by atoms with Crippen molar-refractivity contribution in [1.29, 1.82) is 0 Å². The minimum atomic E-state index is -0.145. The molecular formula is C12H12N2O2S. The average Bonchev–Trinajstić information content (AvgIpc) is 3.12. The van der Waals surface area contributed by atoms with E-state index in [1.54, 1.807) is 5.38 Å². The molecule has 1 aliphatic heterocycles. The van der Waals surface area contributed by atoms with Crippen molar-refractivity contribution in [1.82, 2.24) is 4.98 Å². The first-order valence-corrected chi connectivity index (χ1v) is 6.58. The Morgan fingerprint density at radius 1 is 1.47 bits per heavy atom. The Labute approximate surface area is 103 Å². The van der Waals surface area contributed by atoms with Crippen molar-refractivity contribution in [3.8, 4) is 5.88 Å². The summed E-state index contributed by atoms with van der Waals surface area (Å²) in [6.07, 6.45) is 6.79. The third-order valence-electron chi connectivity index (χ3n) is 2.70. The van der Waals surface area contributed by atoms with Gasteiger partial charge in [-0.1, -0.05) is 6.08 Å². The van der Waals surface area contributed by atoms with Gasteiger partial charge in [0.25, 0.3) is 0 Å². The number of aliphatic imine (C=N–C) groups is 1. The number of hydrogen-bond acceptors (Lipinski definition) is 5. The smallest absolute Gasteiger partial charge is 0.315 e. The zero-order valence-corrected chi connectivity index (χ0v) is 10.1. The molecule has 1 aromatic heterocycles. The molecule has 2 heterocycles. The predicted molar refractivity (Wildman–Crippen MR) is 66.4 cm³/mol. The maximum absolute atomic E-state index is 11.5. The van der Waals surface area contributed by atoms with E-state index in [9.17, 15) is 4.79 Å². The lowest BCUT2D eigenvalue weighted by Crippen LogP contribution is -2.09. The Bertz CT molecular complexity index is 500. The van der Waals surface area contributed by atoms with Crippen LogP contribution < -0.4 is 4.74 Å². The first-order chi connectivity index (χ1) is 8.33. The molecule has 17 heavy (non-hydrogen) atoms. The number of thiazole rings is 1. The van der Waals surface area contributed by atoms with Gasteiger partial charge in [0.2, 0.25) is 5.88 Å². The summed E-state index contributed by atoms with van der Waals surface area (Å²) in [6, 6.07) is 0. The molecule has 0 spiro atoms. The van der Waals surface area contributed by atoms with Gasteiger partial charge in [0.05, 0.1) is 11.3 Å². The Morgan fingerprint density at radius 2 is 2.35 bits per heavy atom. The highest BCUT2D eigenvalue weighted by Gasteiger charge is 2.32. The lowest BCUT2D eigenvalue weighted by atomic mass is 10.2. The number of ether oxygens (including phenoxy) is 1. The molecule has 2 aliphatic rings. The van der Waals surface area contributed by atoms with Gasteiger partial charge in [0, 0.05) is 18.3 Å². The number of dihydropyridines is 1. The number of hydrogen-bond donors (Lipinski definition) is 0. The molecule has 3 rings (SSSR count). The molecule has 0 radical (unpaired) electrons. The van der Waals surface area contributed by atoms with Crippen LogP contribution in [0.15, 0.2) is 16.4 Å². The molecule has 0 unspecified atom stereocenters. The summed E-state index contributed by atoms with van der Waals surface area (Å²) >= 11 is 1.48. The van der Waals surface area contributed by atoms with Crippen LogP contribution in [0.2, 0.25) is 0 Å². The lowest BCUT2D eigenvalue weighted by molar-refractivity contribution is -0.136. The van der Waals surface area contributed by atoms with Crippen molar-refractivity contribution in [3.05, 3.63) is 16.5 Å². The van der Waals surface area contributed by atoms with Gasteiger partial charge in [-0.25, -0.2) is 4.98 Å². The van der Waals surface area contributed by atoms with Crippen LogP contribution in [0, 0.1) is 5.92 Å². The molecule has 0 amide bonds. The minimum absolute atomic E-state index is 0.107. The van der Waals surface area contributed by atoms with Gasteiger partial charge in [-0.2, -0.15) is 0 Å². The molecule has 0 saturated heterocycles. The Morgan fingerprint density at radius 3 is 3.06 bits per heavy atom. The first-order valence-electron chi connectivity index (χ1n) is 5.70. The summed E-state index contributed by atoms with van der Waals surface area (Å²) in [7, 11) is 0. The summed E-state index contributed by atoms with van der Waals surface area (Å²) < 4.78 is 5.20. The Balaban J connectivity index is 1.71. The van der Waals surface area contributed by atoms with E-state index in [4.69, 9.17) is 4.74 Å². The van der Waals surface area contributed by atoms with Gasteiger partial charge >= 0.3 is 5.97 Å². The third kappa shape index (κ3) is 2.44. The molecule has 1 fully saturated rings. The normalized spacial score (nSPS) is 18.9. The van der Waals surface area contributed by atoms with Crippen LogP contribution in [0.3, 0.4) is 0 Å². The van der Waals surface area contributed by atoms with Gasteiger partial charge in [-0.3, -0.25) is 9.79 Å². The number of rotatable bonds is 3. The SMILES string of the molecule is O=C(Oc1csc(C2=CCCN=C2)n1)C1CC1. The highest BCUT2D eigenvalue weighted by Crippen LogP contribution is 2.31. The molecule has 4 nitrogen and oxygen atoms in total. The summed E-state index contributed by atoms with van der Waals surface area (Å²) in [5.74, 6) is 0.380. The minimum Gasteiger partial charge on any atom is -0.406 e. The van der Waals surface area contributed by atoms with Crippen LogP contribution in [0.4, 0.5) is 0 Å². The van der Waals surface area contributed by atoms with E-state index in [-0.39, 0.29) is 11.9 Å². The van der Waals surface area contributed by atoms with Gasteiger partial charge in [-0.05, 0) is 19.3 Å². The van der Waals surface area contributed by atoms with E-state index in [2.05, 4.69) is 16.1 Å². The second kappa shape index (κ2) is 4.41. The molecule has 0 bridgehead atoms. The molecule has 1 saturated carbocycles. The fraction of sp³-hybridized carbons (Fsp3) is 0.417. The molecule has 0 aromatic carbocycles. The van der Waals surface area contributed by atoms with Crippen LogP contribution in [0.5, 0.6) is 5.88 Å². The zero-order valence-electron chi connectivity index (χ0n) is 9.26. The van der Waals surface area contributed by atoms with Gasteiger partial charge in [0.15, 0.2) is 0 Å². The Kier molecular flexibility index (Phi) is 2.76. The highest BCUT2D eigenvalue weighted by molar-refractivity contribution is 7.11. The molecule has 5 heteroatoms. The van der Waals surface area contributed by atoms with Crippen molar-refractivity contribution < 1.29 is 9.53 Å². The van der Waals surface area contributed by atoms with Crippen molar-refractivity contribution in [3.63, 3.8) is 0 Å². The van der Waals surface area contributed by atoms with Gasteiger partial charge in [-0.15, -0.1) is 11.3 Å². The van der Waals surface area contributed by atoms with Crippen LogP contribution in [0.1, 0.15) is 24.3 Å². The number of carbonyl (C=O) groups is 1. The van der Waals surface area contributed by atoms with Gasteiger partial charge in [0.1, 0.15) is 5.01 Å². The number of allylic oxidation sites excluding steroid dienone is 1. The molecule has 1 aliphatic carbocycles. The number of nitrogens with zero attached hydrogens (tertiary/aromatic N) is 2. The quantitative estimate of drug-likeness (QED) is 0.771. The summed E-state index contributed by atoms with van der Waals surface area (Å²) in [5.41, 5.74) is 1.02. The number of aromatic nitrogens is 1. The number of esters is 1. The van der Waals surface area contributed by atoms with E-state index >= 15 is 0 Å². The maximum Gasteiger partial charge on any atom is 0.315 e. The second-order valence-electron chi connectivity index (χ2n) is 4.17. The summed E-state index contributed by atoms with van der Waals surface area (Å²) in [5, 5.41) is 2.64. The monoisotopic (exact) mass is 248 g/mol. The van der Waals surface area contributed by atoms with Crippen molar-refractivity contribution in [2.45, 2.75) is 19.3 Å². The zero-order chi connectivity index (χ0) is 11.7. The van der Waals surface area contributed by atoms with Crippen molar-refractivity contribution in [2.24, 2.45) is 10.9 Å². The van der Waals surface area contributed by atoms with E-state index in [1.807, 2.05) is 6.21 Å². The summed E-state index contributed by atoms with van der Waals surface area (Å²) in [6.45, 7) is 0.846. The number of carbonyl (C=O) groups excluding carboxylic acids is 1. The second-order valence-corrected chi connectivity index (χ2v) is 5.03. The molecule has 0 N–H and O–H groups in total. The van der Waals surface area contributed by atoms with Crippen LogP contribution in [0.25, 0.3) is 5.57 Å². The third-order valence-corrected chi connectivity index (χ3v) is 3.57. The summed E-state index contributed by atoms with van der Waals surface area (Å²) in [4.78, 5) is 20.0. The lowest BCUT2D eigenvalue weighted by Gasteiger charge is -2.02. The van der Waals surface area contributed by atoms with E-state index in [0.29, 0.717) is 5.88 Å². The molecule has 1 aromatic rings. The fourth-order valence-corrected chi connectivity index (χ4v) is 2.32. The van der Waals surface area contributed by atoms with Crippen molar-refractivity contribution >= 4 is 29.1 Å². The largest absolute Gasteiger partial charge is 0.406 e. The van der Waals surface area contributed by atoms with Gasteiger partial charge < -0.3 is 4.74 Å². The molecular weight excluding hydrogens is 236 g/mol. The van der Waals surface area contributed by atoms with Crippen LogP contribution in [-0.2, 0) is 4.79 Å². The average molecular weight is 248 g/mol. The fourth-order valence-electron chi connectivity index (χ4n) is 1.60. The van der Waals surface area contributed by atoms with Crippen LogP contribution in [-0.4, -0.2) is 23.7 Å². The van der Waals surface area contributed by atoms with Crippen molar-refractivity contribution in [2.75, 3.05) is 6.54 Å². The van der Waals surface area contributed by atoms with E-state index < -0.39 is 0 Å². The van der Waals surface area contributed by atoms with E-state index in [0.717, 1.165) is 36.4 Å². The van der Waals surface area contributed by atoms with Crippen LogP contribution >= 0.6 is 11.3 Å². The highest BCUT2D eigenvalue weighted by atomic mass is 32.1. The molecule has 88 valence electrons. The molecule has 0 atom stereocenters. The first kappa shape index (κ1) is 10.7. The predicted octanol–water partition coefficient (Wildman–Crippen LogP) is 2.32. The van der Waals surface area contributed by atoms with E-state index in [1.165, 1.54) is 11.3 Å².